The fraction of sp³-hybridized carbons (Fsp3) is 0.100. The van der Waals surface area contributed by atoms with E-state index in [1.807, 2.05) is 60.7 Å². The van der Waals surface area contributed by atoms with Gasteiger partial charge in [-0.25, -0.2) is 14.6 Å². The Morgan fingerprint density at radius 3 is 2.44 bits per heavy atom. The highest BCUT2D eigenvalue weighted by molar-refractivity contribution is 5.97. The van der Waals surface area contributed by atoms with Crippen LogP contribution >= 0.6 is 0 Å². The van der Waals surface area contributed by atoms with Crippen molar-refractivity contribution >= 4 is 28.4 Å². The molecule has 1 atom stereocenters. The smallest absolute Gasteiger partial charge is 0.246 e. The molecule has 0 radical (unpaired) electrons. The van der Waals surface area contributed by atoms with Gasteiger partial charge in [-0.05, 0) is 31.2 Å². The van der Waals surface area contributed by atoms with Gasteiger partial charge in [-0.3, -0.25) is 4.79 Å². The highest BCUT2D eigenvalue weighted by atomic mass is 16.2. The van der Waals surface area contributed by atoms with Gasteiger partial charge in [0.15, 0.2) is 5.65 Å². The minimum absolute atomic E-state index is 0.150. The lowest BCUT2D eigenvalue weighted by atomic mass is 10.2. The molecule has 0 aliphatic rings. The van der Waals surface area contributed by atoms with Crippen molar-refractivity contribution in [3.05, 3.63) is 73.2 Å². The van der Waals surface area contributed by atoms with Crippen molar-refractivity contribution in [2.45, 2.75) is 13.0 Å². The summed E-state index contributed by atoms with van der Waals surface area (Å²) in [6.45, 7) is 1.79. The lowest BCUT2D eigenvalue weighted by Gasteiger charge is -2.15. The standard InChI is InChI=1S/C20H18N6O/c1-14(20(27)25-15-8-4-2-5-9-15)24-18-17-12-23-26(19(17)22-13-21-18)16-10-6-3-7-11-16/h2-14H,1H3,(H,25,27)(H,21,22,24). The third-order valence-electron chi connectivity index (χ3n) is 4.15. The van der Waals surface area contributed by atoms with Gasteiger partial charge in [-0.15, -0.1) is 0 Å². The zero-order valence-electron chi connectivity index (χ0n) is 14.7. The number of fused-ring (bicyclic) bond motifs is 1. The summed E-state index contributed by atoms with van der Waals surface area (Å²) < 4.78 is 1.75. The fourth-order valence-corrected chi connectivity index (χ4v) is 2.76. The Balaban J connectivity index is 1.57. The number of nitrogens with zero attached hydrogens (tertiary/aromatic N) is 4. The van der Waals surface area contributed by atoms with Gasteiger partial charge in [0.2, 0.25) is 5.91 Å². The average molecular weight is 358 g/mol. The van der Waals surface area contributed by atoms with Gasteiger partial charge in [0.25, 0.3) is 0 Å². The van der Waals surface area contributed by atoms with E-state index in [-0.39, 0.29) is 5.91 Å². The molecular weight excluding hydrogens is 340 g/mol. The van der Waals surface area contributed by atoms with E-state index in [4.69, 9.17) is 0 Å². The van der Waals surface area contributed by atoms with E-state index in [1.165, 1.54) is 6.33 Å². The fourth-order valence-electron chi connectivity index (χ4n) is 2.76. The van der Waals surface area contributed by atoms with Crippen LogP contribution in [-0.2, 0) is 4.79 Å². The minimum atomic E-state index is -0.483. The van der Waals surface area contributed by atoms with E-state index in [1.54, 1.807) is 17.8 Å². The van der Waals surface area contributed by atoms with Gasteiger partial charge in [0, 0.05) is 5.69 Å². The molecule has 4 rings (SSSR count). The third kappa shape index (κ3) is 3.48. The summed E-state index contributed by atoms with van der Waals surface area (Å²) in [7, 11) is 0. The van der Waals surface area contributed by atoms with Crippen LogP contribution in [0.15, 0.2) is 73.2 Å². The lowest BCUT2D eigenvalue weighted by Crippen LogP contribution is -2.32. The van der Waals surface area contributed by atoms with Crippen LogP contribution in [0, 0.1) is 0 Å². The first-order valence-electron chi connectivity index (χ1n) is 8.59. The molecule has 7 nitrogen and oxygen atoms in total. The predicted octanol–water partition coefficient (Wildman–Crippen LogP) is 3.25. The topological polar surface area (TPSA) is 84.7 Å². The van der Waals surface area contributed by atoms with Crippen LogP contribution in [0.4, 0.5) is 11.5 Å². The second-order valence-corrected chi connectivity index (χ2v) is 6.07. The van der Waals surface area contributed by atoms with Crippen LogP contribution in [0.25, 0.3) is 16.7 Å². The van der Waals surface area contributed by atoms with Crippen LogP contribution < -0.4 is 10.6 Å². The van der Waals surface area contributed by atoms with Crippen LogP contribution in [0.5, 0.6) is 0 Å². The Kier molecular flexibility index (Phi) is 4.49. The molecule has 0 fully saturated rings. The molecule has 134 valence electrons. The molecule has 7 heteroatoms. The van der Waals surface area contributed by atoms with Crippen molar-refractivity contribution in [3.63, 3.8) is 0 Å². The highest BCUT2D eigenvalue weighted by Gasteiger charge is 2.17. The Hall–Kier alpha value is -3.74. The minimum Gasteiger partial charge on any atom is -0.358 e. The number of carbonyl (C=O) groups excluding carboxylic acids is 1. The zero-order valence-corrected chi connectivity index (χ0v) is 14.7. The number of rotatable bonds is 5. The van der Waals surface area contributed by atoms with Crippen molar-refractivity contribution in [1.29, 1.82) is 0 Å². The molecule has 2 N–H and O–H groups in total. The first-order chi connectivity index (χ1) is 13.2. The van der Waals surface area contributed by atoms with Crippen LogP contribution in [0.2, 0.25) is 0 Å². The molecule has 0 saturated heterocycles. The molecule has 2 aromatic carbocycles. The summed E-state index contributed by atoms with van der Waals surface area (Å²) >= 11 is 0. The zero-order chi connectivity index (χ0) is 18.6. The second kappa shape index (κ2) is 7.25. The summed E-state index contributed by atoms with van der Waals surface area (Å²) in [5, 5.41) is 11.2. The van der Waals surface area contributed by atoms with Crippen molar-refractivity contribution in [1.82, 2.24) is 19.7 Å². The molecule has 2 heterocycles. The van der Waals surface area contributed by atoms with Crippen molar-refractivity contribution < 1.29 is 4.79 Å². The first-order valence-corrected chi connectivity index (χ1v) is 8.59. The van der Waals surface area contributed by atoms with Gasteiger partial charge in [-0.1, -0.05) is 36.4 Å². The molecule has 0 spiro atoms. The molecule has 0 aliphatic heterocycles. The lowest BCUT2D eigenvalue weighted by molar-refractivity contribution is -0.116. The quantitative estimate of drug-likeness (QED) is 0.572. The number of benzene rings is 2. The molecule has 27 heavy (non-hydrogen) atoms. The number of nitrogens with one attached hydrogen (secondary N) is 2. The van der Waals surface area contributed by atoms with E-state index in [0.717, 1.165) is 16.8 Å². The Labute approximate surface area is 156 Å². The maximum absolute atomic E-state index is 12.4. The molecule has 2 aromatic heterocycles. The first kappa shape index (κ1) is 16.7. The maximum Gasteiger partial charge on any atom is 0.246 e. The summed E-state index contributed by atoms with van der Waals surface area (Å²) in [6.07, 6.45) is 3.17. The summed E-state index contributed by atoms with van der Waals surface area (Å²) in [6, 6.07) is 18.6. The third-order valence-corrected chi connectivity index (χ3v) is 4.15. The Morgan fingerprint density at radius 2 is 1.70 bits per heavy atom. The number of amides is 1. The van der Waals surface area contributed by atoms with Crippen molar-refractivity contribution in [2.75, 3.05) is 10.6 Å². The molecule has 0 saturated carbocycles. The summed E-state index contributed by atoms with van der Waals surface area (Å²) in [4.78, 5) is 21.1. The second-order valence-electron chi connectivity index (χ2n) is 6.07. The number of anilines is 2. The Bertz CT molecular complexity index is 1060. The number of hydrogen-bond acceptors (Lipinski definition) is 5. The predicted molar refractivity (Wildman–Crippen MR) is 105 cm³/mol. The molecule has 0 aliphatic carbocycles. The van der Waals surface area contributed by atoms with Gasteiger partial charge >= 0.3 is 0 Å². The number of hydrogen-bond donors (Lipinski definition) is 2. The monoisotopic (exact) mass is 358 g/mol. The molecular formula is C20H18N6O. The number of carbonyl (C=O) groups is 1. The molecule has 4 aromatic rings. The summed E-state index contributed by atoms with van der Waals surface area (Å²) in [5.74, 6) is 0.418. The SMILES string of the molecule is CC(Nc1ncnc2c1cnn2-c1ccccc1)C(=O)Nc1ccccc1. The Morgan fingerprint density at radius 1 is 1.00 bits per heavy atom. The highest BCUT2D eigenvalue weighted by Crippen LogP contribution is 2.22. The largest absolute Gasteiger partial charge is 0.358 e. The van der Waals surface area contributed by atoms with E-state index in [2.05, 4.69) is 25.7 Å². The van der Waals surface area contributed by atoms with Crippen LogP contribution in [0.1, 0.15) is 6.92 Å². The van der Waals surface area contributed by atoms with Gasteiger partial charge in [-0.2, -0.15) is 5.10 Å². The molecule has 1 unspecified atom stereocenters. The number of aromatic nitrogens is 4. The molecule has 1 amide bonds. The summed E-state index contributed by atoms with van der Waals surface area (Å²) in [5.41, 5.74) is 2.34. The van der Waals surface area contributed by atoms with Crippen molar-refractivity contribution in [3.8, 4) is 5.69 Å². The molecule has 0 bridgehead atoms. The van der Waals surface area contributed by atoms with Gasteiger partial charge in [0.1, 0.15) is 18.2 Å². The van der Waals surface area contributed by atoms with E-state index >= 15 is 0 Å². The van der Waals surface area contributed by atoms with Gasteiger partial charge < -0.3 is 10.6 Å². The van der Waals surface area contributed by atoms with E-state index < -0.39 is 6.04 Å². The van der Waals surface area contributed by atoms with Gasteiger partial charge in [0.05, 0.1) is 17.3 Å². The average Bonchev–Trinajstić information content (AvgIpc) is 3.14. The van der Waals surface area contributed by atoms with Crippen LogP contribution in [0.3, 0.4) is 0 Å². The van der Waals surface area contributed by atoms with Crippen molar-refractivity contribution in [2.24, 2.45) is 0 Å². The van der Waals surface area contributed by atoms with E-state index in [9.17, 15) is 4.79 Å². The maximum atomic E-state index is 12.4. The van der Waals surface area contributed by atoms with Crippen LogP contribution in [-0.4, -0.2) is 31.7 Å². The number of para-hydroxylation sites is 2. The van der Waals surface area contributed by atoms with E-state index in [0.29, 0.717) is 11.5 Å². The normalized spacial score (nSPS) is 11.9.